The summed E-state index contributed by atoms with van der Waals surface area (Å²) in [4.78, 5) is 10.0. The van der Waals surface area contributed by atoms with E-state index in [4.69, 9.17) is 9.47 Å². The highest BCUT2D eigenvalue weighted by Crippen LogP contribution is 2.51. The summed E-state index contributed by atoms with van der Waals surface area (Å²) in [5.74, 6) is 3.22. The molecule has 12 aromatic rings. The molecule has 0 spiro atoms. The van der Waals surface area contributed by atoms with Gasteiger partial charge in [0.2, 0.25) is 6.71 Å². The van der Waals surface area contributed by atoms with E-state index in [0.717, 1.165) is 61.9 Å². The third-order valence-corrected chi connectivity index (χ3v) is 16.8. The molecular weight excluding hydrogens is 944 g/mol. The maximum atomic E-state index is 6.58. The minimum atomic E-state index is -0.0868. The molecular formula is C68H43B2N3O2S. The zero-order chi connectivity index (χ0) is 49.8. The number of ether oxygens (including phenoxy) is 2. The van der Waals surface area contributed by atoms with Gasteiger partial charge in [0, 0.05) is 60.4 Å². The van der Waals surface area contributed by atoms with Crippen LogP contribution in [0.2, 0.25) is 0 Å². The summed E-state index contributed by atoms with van der Waals surface area (Å²) in [5, 5.41) is 4.58. The number of rotatable bonds is 7. The maximum absolute atomic E-state index is 6.58. The van der Waals surface area contributed by atoms with E-state index in [2.05, 4.69) is 215 Å². The lowest BCUT2D eigenvalue weighted by Gasteiger charge is -2.46. The van der Waals surface area contributed by atoms with Gasteiger partial charge in [-0.05, 0) is 165 Å². The van der Waals surface area contributed by atoms with Crippen LogP contribution in [-0.4, -0.2) is 13.4 Å². The van der Waals surface area contributed by atoms with Gasteiger partial charge >= 0.3 is 0 Å². The summed E-state index contributed by atoms with van der Waals surface area (Å²) in [6, 6.07) is 94.2. The molecule has 0 atom stereocenters. The molecule has 4 heterocycles. The Kier molecular flexibility index (Phi) is 9.69. The molecule has 0 radical (unpaired) electrons. The van der Waals surface area contributed by atoms with Gasteiger partial charge in [0.05, 0.1) is 11.4 Å². The number of nitrogens with zero attached hydrogens (tertiary/aromatic N) is 3. The number of para-hydroxylation sites is 7. The Balaban J connectivity index is 0.971. The van der Waals surface area contributed by atoms with Crippen molar-refractivity contribution in [3.8, 4) is 23.0 Å². The first-order valence-electron chi connectivity index (χ1n) is 26.0. The molecule has 12 aromatic carbocycles. The van der Waals surface area contributed by atoms with Crippen LogP contribution in [0.25, 0.3) is 21.5 Å². The van der Waals surface area contributed by atoms with Gasteiger partial charge in [-0.15, -0.1) is 0 Å². The lowest BCUT2D eigenvalue weighted by atomic mass is 9.31. The highest BCUT2D eigenvalue weighted by molar-refractivity contribution is 8.00. The molecule has 16 rings (SSSR count). The largest absolute Gasteiger partial charge is 0.457 e. The highest BCUT2D eigenvalue weighted by atomic mass is 32.2. The average molecular weight is 988 g/mol. The van der Waals surface area contributed by atoms with E-state index in [9.17, 15) is 0 Å². The van der Waals surface area contributed by atoms with Gasteiger partial charge in [0.1, 0.15) is 23.0 Å². The van der Waals surface area contributed by atoms with E-state index in [1.54, 1.807) is 0 Å². The van der Waals surface area contributed by atoms with Gasteiger partial charge in [0.25, 0.3) is 6.71 Å². The average Bonchev–Trinajstić information content (AvgIpc) is 3.50. The Morgan fingerprint density at radius 2 is 0.737 bits per heavy atom. The summed E-state index contributed by atoms with van der Waals surface area (Å²) in [7, 11) is 0. The minimum absolute atomic E-state index is 0.0438. The summed E-state index contributed by atoms with van der Waals surface area (Å²) in [6.45, 7) is -0.131. The van der Waals surface area contributed by atoms with Crippen molar-refractivity contribution in [2.75, 3.05) is 14.7 Å². The lowest BCUT2D eigenvalue weighted by molar-refractivity contribution is 0.483. The van der Waals surface area contributed by atoms with E-state index in [1.165, 1.54) is 76.4 Å². The molecule has 0 saturated heterocycles. The summed E-state index contributed by atoms with van der Waals surface area (Å²) in [5.41, 5.74) is 18.2. The zero-order valence-corrected chi connectivity index (χ0v) is 41.9. The lowest BCUT2D eigenvalue weighted by Crippen LogP contribution is -2.64. The molecule has 8 heteroatoms. The Hall–Kier alpha value is -9.36. The number of anilines is 9. The number of hydrogen-bond donors (Lipinski definition) is 0. The molecule has 0 aromatic heterocycles. The van der Waals surface area contributed by atoms with Gasteiger partial charge in [-0.1, -0.05) is 151 Å². The van der Waals surface area contributed by atoms with E-state index in [-0.39, 0.29) is 13.4 Å². The van der Waals surface area contributed by atoms with Crippen molar-refractivity contribution in [2.45, 2.75) is 9.79 Å². The van der Waals surface area contributed by atoms with Gasteiger partial charge in [0.15, 0.2) is 0 Å². The van der Waals surface area contributed by atoms with Crippen molar-refractivity contribution in [3.05, 3.63) is 261 Å². The van der Waals surface area contributed by atoms with Crippen LogP contribution in [0.4, 0.5) is 51.2 Å². The van der Waals surface area contributed by atoms with Crippen molar-refractivity contribution in [1.82, 2.24) is 0 Å². The smallest absolute Gasteiger partial charge is 0.252 e. The van der Waals surface area contributed by atoms with Gasteiger partial charge in [-0.25, -0.2) is 0 Å². The Morgan fingerprint density at radius 1 is 0.289 bits per heavy atom. The Morgan fingerprint density at radius 3 is 1.28 bits per heavy atom. The second-order valence-electron chi connectivity index (χ2n) is 19.9. The Bertz CT molecular complexity index is 4300. The van der Waals surface area contributed by atoms with Crippen LogP contribution in [0, 0.1) is 0 Å². The second-order valence-corrected chi connectivity index (χ2v) is 21.0. The SMILES string of the molecule is c1ccc(Oc2ccc3c4c5c(cc3c2)Sc2cc3c(cc2B5c2ccccc2N4c2ccccc2)B2c4ccccc4N(c4ccccc4)c4c2c(cc2cc(Oc5ccccc5)ccc42)N3c2ccccc2)cc1. The molecule has 0 unspecified atom stereocenters. The molecule has 354 valence electrons. The van der Waals surface area contributed by atoms with E-state index in [0.29, 0.717) is 0 Å². The Labute approximate surface area is 446 Å². The fourth-order valence-electron chi connectivity index (χ4n) is 12.6. The standard InChI is InChI=1S/C68H43B2N3O2S/c1-6-20-46(21-7-1)71-61-43-63-58(70-56-31-17-19-33-60(56)73(48-24-10-3-11-25-48)68-54-37-35-52(75-50-28-14-5-15-29-50)39-45(54)41-64(76-63)66(68)70)42-57(61)69-55-30-16-18-32-59(55)72(47-22-8-2-9-23-47)67-53-36-34-51(74-49-26-12-4-13-27-49)38-44(53)40-62(71)65(67)69/h1-43H. The third-order valence-electron chi connectivity index (χ3n) is 15.7. The van der Waals surface area contributed by atoms with Crippen LogP contribution in [0.1, 0.15) is 0 Å². The van der Waals surface area contributed by atoms with E-state index >= 15 is 0 Å². The van der Waals surface area contributed by atoms with Crippen LogP contribution < -0.4 is 57.0 Å². The molecule has 76 heavy (non-hydrogen) atoms. The molecule has 0 bridgehead atoms. The van der Waals surface area contributed by atoms with Crippen molar-refractivity contribution in [1.29, 1.82) is 0 Å². The topological polar surface area (TPSA) is 28.2 Å². The zero-order valence-electron chi connectivity index (χ0n) is 41.0. The fourth-order valence-corrected chi connectivity index (χ4v) is 13.8. The molecule has 0 fully saturated rings. The minimum Gasteiger partial charge on any atom is -0.457 e. The van der Waals surface area contributed by atoms with Crippen molar-refractivity contribution >= 4 is 131 Å². The van der Waals surface area contributed by atoms with Gasteiger partial charge in [-0.3, -0.25) is 0 Å². The molecule has 0 N–H and O–H groups in total. The highest BCUT2D eigenvalue weighted by Gasteiger charge is 2.47. The first-order chi connectivity index (χ1) is 37.7. The summed E-state index contributed by atoms with van der Waals surface area (Å²) >= 11 is 1.89. The van der Waals surface area contributed by atoms with Crippen LogP contribution in [0.5, 0.6) is 23.0 Å². The molecule has 4 aliphatic heterocycles. The molecule has 0 saturated carbocycles. The monoisotopic (exact) mass is 987 g/mol. The summed E-state index contributed by atoms with van der Waals surface area (Å²) < 4.78 is 13.1. The van der Waals surface area contributed by atoms with Gasteiger partial charge < -0.3 is 24.2 Å². The molecule has 5 nitrogen and oxygen atoms in total. The van der Waals surface area contributed by atoms with Crippen LogP contribution in [-0.2, 0) is 0 Å². The van der Waals surface area contributed by atoms with E-state index in [1.807, 2.05) is 72.4 Å². The molecule has 4 aliphatic rings. The first kappa shape index (κ1) is 43.1. The quantitative estimate of drug-likeness (QED) is 0.148. The molecule has 0 amide bonds. The van der Waals surface area contributed by atoms with Crippen LogP contribution >= 0.6 is 11.8 Å². The van der Waals surface area contributed by atoms with Crippen molar-refractivity contribution in [3.63, 3.8) is 0 Å². The third kappa shape index (κ3) is 6.63. The number of hydrogen-bond acceptors (Lipinski definition) is 6. The number of fused-ring (bicyclic) bond motifs is 12. The number of benzene rings is 12. The van der Waals surface area contributed by atoms with Crippen molar-refractivity contribution < 1.29 is 9.47 Å². The van der Waals surface area contributed by atoms with Crippen LogP contribution in [0.3, 0.4) is 0 Å². The second kappa shape index (κ2) is 17.1. The fraction of sp³-hybridized carbons (Fsp3) is 0. The van der Waals surface area contributed by atoms with Crippen molar-refractivity contribution in [2.24, 2.45) is 0 Å². The first-order valence-corrected chi connectivity index (χ1v) is 26.8. The van der Waals surface area contributed by atoms with Crippen LogP contribution in [0.15, 0.2) is 271 Å². The predicted octanol–water partition coefficient (Wildman–Crippen LogP) is 14.4. The van der Waals surface area contributed by atoms with E-state index < -0.39 is 0 Å². The maximum Gasteiger partial charge on any atom is 0.252 e. The summed E-state index contributed by atoms with van der Waals surface area (Å²) in [6.07, 6.45) is 0. The van der Waals surface area contributed by atoms with Gasteiger partial charge in [-0.2, -0.15) is 0 Å². The molecule has 0 aliphatic carbocycles. The predicted molar refractivity (Wildman–Crippen MR) is 318 cm³/mol. The normalized spacial score (nSPS) is 13.3.